The molecule has 1 aliphatic rings. The third-order valence-electron chi connectivity index (χ3n) is 8.39. The first-order valence-electron chi connectivity index (χ1n) is 14.5. The molecular weight excluding hydrogens is 544 g/mol. The smallest absolute Gasteiger partial charge is 0.164 e. The van der Waals surface area contributed by atoms with Crippen molar-refractivity contribution in [3.63, 3.8) is 0 Å². The van der Waals surface area contributed by atoms with Crippen LogP contribution in [0.3, 0.4) is 0 Å². The first-order valence-corrected chi connectivity index (χ1v) is 14.5. The maximum atomic E-state index is 5.22. The van der Waals surface area contributed by atoms with Crippen LogP contribution in [0.1, 0.15) is 5.69 Å². The summed E-state index contributed by atoms with van der Waals surface area (Å²) < 4.78 is 4.07. The van der Waals surface area contributed by atoms with E-state index in [1.54, 1.807) is 7.05 Å². The highest BCUT2D eigenvalue weighted by atomic mass is 15.1. The number of hydrogen-bond acceptors (Lipinski definition) is 6. The summed E-state index contributed by atoms with van der Waals surface area (Å²) in [4.78, 5) is 30.5. The minimum atomic E-state index is 0.615. The van der Waals surface area contributed by atoms with Gasteiger partial charge < -0.3 is 9.13 Å². The van der Waals surface area contributed by atoms with E-state index in [1.165, 1.54) is 0 Å². The Hall–Kier alpha value is -5.76. The quantitative estimate of drug-likeness (QED) is 0.199. The molecule has 44 heavy (non-hydrogen) atoms. The van der Waals surface area contributed by atoms with Crippen molar-refractivity contribution in [1.82, 2.24) is 34.1 Å². The fourth-order valence-corrected chi connectivity index (χ4v) is 6.22. The molecule has 8 rings (SSSR count). The molecule has 212 valence electrons. The van der Waals surface area contributed by atoms with Crippen LogP contribution in [0.4, 0.5) is 0 Å². The summed E-state index contributed by atoms with van der Waals surface area (Å²) in [5, 5.41) is 5.86. The van der Waals surface area contributed by atoms with Gasteiger partial charge in [-0.1, -0.05) is 97.1 Å². The number of rotatable bonds is 0. The van der Waals surface area contributed by atoms with Crippen molar-refractivity contribution in [2.75, 3.05) is 7.05 Å². The van der Waals surface area contributed by atoms with Gasteiger partial charge in [-0.2, -0.15) is 0 Å². The SMILES string of the molecule is C/N=c1\nc2c3ccccc3c(nc3nc(nc4c5ccccc5c(nc(C)c5ccccc15)n4C)-c1ccccc1-3)n2C. The normalized spacial score (nSPS) is 12.2. The van der Waals surface area contributed by atoms with E-state index in [1.807, 2.05) is 78.7 Å². The second kappa shape index (κ2) is 9.91. The molecule has 6 bridgehead atoms. The summed E-state index contributed by atoms with van der Waals surface area (Å²) in [7, 11) is 5.78. The highest BCUT2D eigenvalue weighted by Crippen LogP contribution is 2.35. The predicted molar refractivity (Wildman–Crippen MR) is 177 cm³/mol. The summed E-state index contributed by atoms with van der Waals surface area (Å²) in [5.41, 5.74) is 6.50. The molecule has 0 atom stereocenters. The summed E-state index contributed by atoms with van der Waals surface area (Å²) >= 11 is 0. The number of nitrogens with zero attached hydrogens (tertiary/aromatic N) is 8. The highest BCUT2D eigenvalue weighted by molar-refractivity contribution is 6.06. The van der Waals surface area contributed by atoms with Gasteiger partial charge in [-0.05, 0) is 6.92 Å². The fraction of sp³-hybridized carbons (Fsp3) is 0.111. The molecule has 0 N–H and O–H groups in total. The number of hydrogen-bond donors (Lipinski definition) is 0. The zero-order valence-corrected chi connectivity index (χ0v) is 24.8. The lowest BCUT2D eigenvalue weighted by Crippen LogP contribution is -2.08. The van der Waals surface area contributed by atoms with E-state index < -0.39 is 0 Å². The van der Waals surface area contributed by atoms with Crippen LogP contribution in [-0.2, 0) is 14.1 Å². The summed E-state index contributed by atoms with van der Waals surface area (Å²) in [6.45, 7) is 2.03. The van der Waals surface area contributed by atoms with Crippen molar-refractivity contribution in [3.8, 4) is 22.8 Å². The third-order valence-corrected chi connectivity index (χ3v) is 8.39. The van der Waals surface area contributed by atoms with E-state index >= 15 is 0 Å². The van der Waals surface area contributed by atoms with Crippen molar-refractivity contribution >= 4 is 54.9 Å². The molecule has 0 fully saturated rings. The molecule has 3 aromatic heterocycles. The molecule has 4 heterocycles. The van der Waals surface area contributed by atoms with E-state index in [2.05, 4.69) is 53.5 Å². The Balaban J connectivity index is 1.68. The number of aromatic nitrogens is 7. The van der Waals surface area contributed by atoms with Crippen molar-refractivity contribution in [3.05, 3.63) is 108 Å². The topological polar surface area (TPSA) is 86.7 Å². The maximum absolute atomic E-state index is 5.22. The number of aryl methyl sites for hydroxylation is 3. The highest BCUT2D eigenvalue weighted by Gasteiger charge is 2.20. The fourth-order valence-electron chi connectivity index (χ4n) is 6.22. The van der Waals surface area contributed by atoms with Gasteiger partial charge in [0, 0.05) is 70.3 Å². The standard InChI is InChI=1S/C36H28N8/c1-21-22-13-5-6-14-23(22)30(37-2)40-34-28-19-11-12-20-29(28)36(44(34)4)42-32-25-16-8-7-15-24(25)31(39-32)41-35-27-18-10-9-17-26(27)33(38-21)43(35)3/h5-20H,1-4H3/b37-30-,38-21?,40-34?,41-31?,42-36?. The van der Waals surface area contributed by atoms with Crippen LogP contribution in [0, 0.1) is 6.92 Å². The van der Waals surface area contributed by atoms with Crippen LogP contribution in [0.25, 0.3) is 77.7 Å². The Morgan fingerprint density at radius 3 is 1.32 bits per heavy atom. The van der Waals surface area contributed by atoms with Crippen molar-refractivity contribution in [2.24, 2.45) is 19.1 Å². The average Bonchev–Trinajstić information content (AvgIpc) is 3.63. The van der Waals surface area contributed by atoms with Crippen LogP contribution in [0.5, 0.6) is 0 Å². The molecule has 0 spiro atoms. The molecule has 8 heteroatoms. The van der Waals surface area contributed by atoms with Gasteiger partial charge in [0.2, 0.25) is 0 Å². The van der Waals surface area contributed by atoms with Crippen LogP contribution in [0.2, 0.25) is 0 Å². The van der Waals surface area contributed by atoms with Gasteiger partial charge in [0.1, 0.15) is 22.6 Å². The zero-order valence-electron chi connectivity index (χ0n) is 24.8. The minimum Gasteiger partial charge on any atom is -0.313 e. The number of benzene rings is 4. The summed E-state index contributed by atoms with van der Waals surface area (Å²) in [6, 6.07) is 32.7. The van der Waals surface area contributed by atoms with E-state index in [0.29, 0.717) is 17.1 Å². The molecule has 4 aromatic carbocycles. The molecule has 0 aliphatic carbocycles. The van der Waals surface area contributed by atoms with Gasteiger partial charge in [0.15, 0.2) is 17.1 Å². The molecule has 0 radical (unpaired) electrons. The molecule has 0 unspecified atom stereocenters. The molecule has 8 nitrogen and oxygen atoms in total. The Morgan fingerprint density at radius 2 is 0.841 bits per heavy atom. The molecule has 1 aliphatic heterocycles. The first kappa shape index (κ1) is 25.9. The van der Waals surface area contributed by atoms with E-state index in [0.717, 1.165) is 71.7 Å². The van der Waals surface area contributed by atoms with Crippen LogP contribution in [0.15, 0.2) is 102 Å². The molecule has 0 saturated carbocycles. The van der Waals surface area contributed by atoms with E-state index in [9.17, 15) is 0 Å². The Morgan fingerprint density at radius 1 is 0.455 bits per heavy atom. The Bertz CT molecular complexity index is 2560. The van der Waals surface area contributed by atoms with E-state index in [-0.39, 0.29) is 0 Å². The molecule has 7 aromatic rings. The van der Waals surface area contributed by atoms with Gasteiger partial charge in [-0.3, -0.25) is 4.99 Å². The van der Waals surface area contributed by atoms with Crippen molar-refractivity contribution in [1.29, 1.82) is 0 Å². The van der Waals surface area contributed by atoms with Gasteiger partial charge >= 0.3 is 0 Å². The largest absolute Gasteiger partial charge is 0.313 e. The Labute approximate surface area is 252 Å². The van der Waals surface area contributed by atoms with Crippen molar-refractivity contribution < 1.29 is 0 Å². The molecule has 0 amide bonds. The van der Waals surface area contributed by atoms with Gasteiger partial charge in [-0.25, -0.2) is 24.9 Å². The zero-order chi connectivity index (χ0) is 29.9. The summed E-state index contributed by atoms with van der Waals surface area (Å²) in [6.07, 6.45) is 0. The monoisotopic (exact) mass is 572 g/mol. The van der Waals surface area contributed by atoms with Gasteiger partial charge in [0.25, 0.3) is 0 Å². The Kier molecular flexibility index (Phi) is 5.84. The van der Waals surface area contributed by atoms with Gasteiger partial charge in [-0.15, -0.1) is 0 Å². The lowest BCUT2D eigenvalue weighted by molar-refractivity contribution is 0.959. The van der Waals surface area contributed by atoms with Crippen LogP contribution < -0.4 is 5.49 Å². The predicted octanol–water partition coefficient (Wildman–Crippen LogP) is 6.84. The lowest BCUT2D eigenvalue weighted by Gasteiger charge is -2.00. The minimum absolute atomic E-state index is 0.615. The molecular formula is C36H28N8. The second-order valence-corrected chi connectivity index (χ2v) is 10.9. The van der Waals surface area contributed by atoms with Crippen molar-refractivity contribution in [2.45, 2.75) is 6.92 Å². The maximum Gasteiger partial charge on any atom is 0.164 e. The van der Waals surface area contributed by atoms with E-state index in [4.69, 9.17) is 24.9 Å². The van der Waals surface area contributed by atoms with Gasteiger partial charge in [0.05, 0.1) is 0 Å². The molecule has 0 saturated heterocycles. The number of fused-ring (bicyclic) bond motifs is 16. The second-order valence-electron chi connectivity index (χ2n) is 10.9. The first-order chi connectivity index (χ1) is 21.5. The third kappa shape index (κ3) is 3.84. The summed E-state index contributed by atoms with van der Waals surface area (Å²) in [5.74, 6) is 1.24. The lowest BCUT2D eigenvalue weighted by atomic mass is 10.1. The van der Waals surface area contributed by atoms with Crippen LogP contribution in [-0.4, -0.2) is 41.1 Å². The van der Waals surface area contributed by atoms with Crippen LogP contribution >= 0.6 is 0 Å². The average molecular weight is 573 g/mol.